The van der Waals surface area contributed by atoms with Crippen molar-refractivity contribution in [3.8, 4) is 11.3 Å². The van der Waals surface area contributed by atoms with E-state index in [4.69, 9.17) is 11.6 Å². The zero-order chi connectivity index (χ0) is 10.8. The molecule has 0 saturated carbocycles. The Morgan fingerprint density at radius 3 is 2.47 bits per heavy atom. The summed E-state index contributed by atoms with van der Waals surface area (Å²) in [5, 5.41) is -0.0323. The molecule has 1 radical (unpaired) electrons. The van der Waals surface area contributed by atoms with Gasteiger partial charge in [0, 0.05) is 0 Å². The van der Waals surface area contributed by atoms with Gasteiger partial charge in [-0.3, -0.25) is 0 Å². The number of hydrogen-bond donors (Lipinski definition) is 0. The lowest BCUT2D eigenvalue weighted by Crippen LogP contribution is -1.93. The molecular weight excluding hydrogens is 222 g/mol. The van der Waals surface area contributed by atoms with Crippen molar-refractivity contribution in [1.82, 2.24) is 9.97 Å². The van der Waals surface area contributed by atoms with E-state index in [9.17, 15) is 8.78 Å². The molecule has 0 N–H and O–H groups in total. The zero-order valence-electron chi connectivity index (χ0n) is 7.34. The SMILES string of the molecule is Fc1cccc(F)c1-c1cn[c]c(Cl)n1. The topological polar surface area (TPSA) is 25.8 Å². The molecule has 75 valence electrons. The molecule has 1 aromatic heterocycles. The maximum atomic E-state index is 13.3. The summed E-state index contributed by atoms with van der Waals surface area (Å²) >= 11 is 5.53. The minimum absolute atomic E-state index is 0.0323. The summed E-state index contributed by atoms with van der Waals surface area (Å²) in [7, 11) is 0. The van der Waals surface area contributed by atoms with E-state index in [1.807, 2.05) is 0 Å². The summed E-state index contributed by atoms with van der Waals surface area (Å²) in [4.78, 5) is 7.32. The average Bonchev–Trinajstić information content (AvgIpc) is 2.17. The van der Waals surface area contributed by atoms with Crippen molar-refractivity contribution in [3.63, 3.8) is 0 Å². The van der Waals surface area contributed by atoms with Crippen molar-refractivity contribution in [2.75, 3.05) is 0 Å². The number of nitrogens with zero attached hydrogens (tertiary/aromatic N) is 2. The van der Waals surface area contributed by atoms with Gasteiger partial charge in [0.05, 0.1) is 17.5 Å². The Morgan fingerprint density at radius 2 is 1.87 bits per heavy atom. The Morgan fingerprint density at radius 1 is 1.20 bits per heavy atom. The molecule has 0 fully saturated rings. The van der Waals surface area contributed by atoms with Gasteiger partial charge in [0.25, 0.3) is 0 Å². The molecule has 0 aliphatic carbocycles. The van der Waals surface area contributed by atoms with Crippen LogP contribution in [0.2, 0.25) is 5.15 Å². The minimum atomic E-state index is -0.702. The lowest BCUT2D eigenvalue weighted by Gasteiger charge is -2.03. The molecule has 2 rings (SSSR count). The molecule has 1 aromatic carbocycles. The normalized spacial score (nSPS) is 10.3. The summed E-state index contributed by atoms with van der Waals surface area (Å²) in [6.07, 6.45) is 3.54. The van der Waals surface area contributed by atoms with Gasteiger partial charge in [0.2, 0.25) is 0 Å². The second-order valence-corrected chi connectivity index (χ2v) is 3.11. The van der Waals surface area contributed by atoms with Crippen LogP contribution in [0, 0.1) is 17.8 Å². The molecule has 0 saturated heterocycles. The molecule has 1 heterocycles. The Hall–Kier alpha value is -1.55. The second-order valence-electron chi connectivity index (χ2n) is 2.75. The van der Waals surface area contributed by atoms with Crippen LogP contribution in [0.15, 0.2) is 24.4 Å². The van der Waals surface area contributed by atoms with Crippen molar-refractivity contribution >= 4 is 11.6 Å². The van der Waals surface area contributed by atoms with Crippen molar-refractivity contribution < 1.29 is 8.78 Å². The van der Waals surface area contributed by atoms with E-state index in [0.29, 0.717) is 0 Å². The highest BCUT2D eigenvalue weighted by Crippen LogP contribution is 2.24. The number of rotatable bonds is 1. The van der Waals surface area contributed by atoms with Crippen LogP contribution in [0.1, 0.15) is 0 Å². The number of hydrogen-bond acceptors (Lipinski definition) is 2. The van der Waals surface area contributed by atoms with Gasteiger partial charge in [-0.2, -0.15) is 0 Å². The number of aromatic nitrogens is 2. The first kappa shape index (κ1) is 9.98. The molecule has 0 aliphatic rings. The zero-order valence-corrected chi connectivity index (χ0v) is 8.09. The first-order valence-electron chi connectivity index (χ1n) is 4.03. The van der Waals surface area contributed by atoms with Crippen molar-refractivity contribution in [2.24, 2.45) is 0 Å². The standard InChI is InChI=1S/C10H4ClF2N2/c11-9-5-14-4-8(15-9)10-6(12)2-1-3-7(10)13/h1-4H. The second kappa shape index (κ2) is 3.90. The fraction of sp³-hybridized carbons (Fsp3) is 0. The highest BCUT2D eigenvalue weighted by molar-refractivity contribution is 6.29. The molecule has 0 unspecified atom stereocenters. The summed E-state index contributed by atoms with van der Waals surface area (Å²) in [6, 6.07) is 3.56. The van der Waals surface area contributed by atoms with E-state index >= 15 is 0 Å². The van der Waals surface area contributed by atoms with Gasteiger partial charge in [-0.25, -0.2) is 18.7 Å². The van der Waals surface area contributed by atoms with Gasteiger partial charge in [0.1, 0.15) is 17.8 Å². The fourth-order valence-corrected chi connectivity index (χ4v) is 1.31. The van der Waals surface area contributed by atoms with Gasteiger partial charge in [-0.15, -0.1) is 0 Å². The smallest absolute Gasteiger partial charge is 0.157 e. The third-order valence-electron chi connectivity index (χ3n) is 1.78. The molecule has 15 heavy (non-hydrogen) atoms. The van der Waals surface area contributed by atoms with Gasteiger partial charge in [-0.1, -0.05) is 17.7 Å². The molecule has 5 heteroatoms. The first-order valence-corrected chi connectivity index (χ1v) is 4.41. The van der Waals surface area contributed by atoms with Gasteiger partial charge in [-0.05, 0) is 12.1 Å². The molecule has 0 amide bonds. The minimum Gasteiger partial charge on any atom is -0.249 e. The van der Waals surface area contributed by atoms with E-state index < -0.39 is 11.6 Å². The first-order chi connectivity index (χ1) is 7.18. The van der Waals surface area contributed by atoms with Crippen LogP contribution in [0.3, 0.4) is 0 Å². The molecule has 2 aromatic rings. The highest BCUT2D eigenvalue weighted by atomic mass is 35.5. The van der Waals surface area contributed by atoms with Crippen LogP contribution in [-0.2, 0) is 0 Å². The van der Waals surface area contributed by atoms with Crippen LogP contribution in [0.4, 0.5) is 8.78 Å². The Kier molecular flexibility index (Phi) is 2.60. The molecule has 0 spiro atoms. The third-order valence-corrected chi connectivity index (χ3v) is 1.95. The molecular formula is C10H4ClF2N2. The van der Waals surface area contributed by atoms with E-state index in [2.05, 4.69) is 16.2 Å². The quantitative estimate of drug-likeness (QED) is 0.746. The highest BCUT2D eigenvalue weighted by Gasteiger charge is 2.12. The molecule has 0 atom stereocenters. The third kappa shape index (κ3) is 1.94. The van der Waals surface area contributed by atoms with E-state index in [1.165, 1.54) is 12.3 Å². The van der Waals surface area contributed by atoms with Crippen LogP contribution in [-0.4, -0.2) is 9.97 Å². The summed E-state index contributed by atoms with van der Waals surface area (Å²) in [5.41, 5.74) is -0.185. The fourth-order valence-electron chi connectivity index (χ4n) is 1.17. The predicted octanol–water partition coefficient (Wildman–Crippen LogP) is 2.88. The molecule has 0 bridgehead atoms. The van der Waals surface area contributed by atoms with Crippen LogP contribution in [0.5, 0.6) is 0 Å². The Balaban J connectivity index is 2.63. The lowest BCUT2D eigenvalue weighted by molar-refractivity contribution is 0.588. The van der Waals surface area contributed by atoms with Gasteiger partial charge in [0.15, 0.2) is 5.15 Å². The largest absolute Gasteiger partial charge is 0.249 e. The maximum absolute atomic E-state index is 13.3. The van der Waals surface area contributed by atoms with Crippen LogP contribution in [0.25, 0.3) is 11.3 Å². The maximum Gasteiger partial charge on any atom is 0.157 e. The predicted molar refractivity (Wildman–Crippen MR) is 51.2 cm³/mol. The number of benzene rings is 1. The summed E-state index contributed by atoms with van der Waals surface area (Å²) < 4.78 is 26.6. The lowest BCUT2D eigenvalue weighted by atomic mass is 10.1. The average molecular weight is 226 g/mol. The summed E-state index contributed by atoms with van der Waals surface area (Å²) in [5.74, 6) is -1.40. The van der Waals surface area contributed by atoms with Gasteiger partial charge < -0.3 is 0 Å². The van der Waals surface area contributed by atoms with Gasteiger partial charge >= 0.3 is 0 Å². The van der Waals surface area contributed by atoms with Crippen molar-refractivity contribution in [2.45, 2.75) is 0 Å². The van der Waals surface area contributed by atoms with E-state index in [1.54, 1.807) is 0 Å². The Bertz CT molecular complexity index is 482. The van der Waals surface area contributed by atoms with E-state index in [-0.39, 0.29) is 16.4 Å². The molecule has 0 aliphatic heterocycles. The van der Waals surface area contributed by atoms with Crippen molar-refractivity contribution in [3.05, 3.63) is 47.4 Å². The monoisotopic (exact) mass is 225 g/mol. The Labute approximate surface area is 89.6 Å². The van der Waals surface area contributed by atoms with Crippen LogP contribution >= 0.6 is 11.6 Å². The van der Waals surface area contributed by atoms with E-state index in [0.717, 1.165) is 12.1 Å². The summed E-state index contributed by atoms with van der Waals surface area (Å²) in [6.45, 7) is 0. The van der Waals surface area contributed by atoms with Crippen LogP contribution < -0.4 is 0 Å². The van der Waals surface area contributed by atoms with Crippen molar-refractivity contribution in [1.29, 1.82) is 0 Å². The number of halogens is 3. The molecule has 2 nitrogen and oxygen atoms in total.